The van der Waals surface area contributed by atoms with E-state index in [4.69, 9.17) is 9.47 Å². The third kappa shape index (κ3) is 3.99. The number of esters is 1. The minimum atomic E-state index is -0.443. The summed E-state index contributed by atoms with van der Waals surface area (Å²) in [4.78, 5) is 20.2. The predicted molar refractivity (Wildman–Crippen MR) is 102 cm³/mol. The van der Waals surface area contributed by atoms with Gasteiger partial charge >= 0.3 is 5.97 Å². The zero-order valence-corrected chi connectivity index (χ0v) is 15.9. The molecule has 1 aromatic carbocycles. The van der Waals surface area contributed by atoms with Crippen molar-refractivity contribution in [2.45, 2.75) is 37.6 Å². The van der Waals surface area contributed by atoms with Gasteiger partial charge in [-0.1, -0.05) is 18.2 Å². The van der Waals surface area contributed by atoms with E-state index in [1.165, 1.54) is 13.3 Å². The molecule has 0 radical (unpaired) electrons. The van der Waals surface area contributed by atoms with Crippen LogP contribution >= 0.6 is 0 Å². The van der Waals surface area contributed by atoms with Crippen LogP contribution in [-0.2, 0) is 14.3 Å². The molecule has 28 heavy (non-hydrogen) atoms. The van der Waals surface area contributed by atoms with Gasteiger partial charge in [-0.25, -0.2) is 14.4 Å². The van der Waals surface area contributed by atoms with Gasteiger partial charge in [-0.3, -0.25) is 4.79 Å². The Balaban J connectivity index is 1.47. The molecule has 6 nitrogen and oxygen atoms in total. The minimum absolute atomic E-state index is 0.0361. The second kappa shape index (κ2) is 8.22. The molecule has 148 valence electrons. The Morgan fingerprint density at radius 3 is 2.71 bits per heavy atom. The SMILES string of the molecule is COC(=O)[C@H]1CC[C@H](Nc2ncc(F)c(-c3cccc(C4COC4)c3)n2)CC1. The summed E-state index contributed by atoms with van der Waals surface area (Å²) in [5.41, 5.74) is 2.17. The molecule has 7 heteroatoms. The van der Waals surface area contributed by atoms with Gasteiger partial charge in [0.2, 0.25) is 5.95 Å². The van der Waals surface area contributed by atoms with Crippen molar-refractivity contribution in [3.05, 3.63) is 41.8 Å². The van der Waals surface area contributed by atoms with Gasteiger partial charge < -0.3 is 14.8 Å². The molecular formula is C21H24FN3O3. The Hall–Kier alpha value is -2.54. The standard InChI is InChI=1S/C21H24FN3O3/c1-27-20(26)13-5-7-17(8-6-13)24-21-23-10-18(22)19(25-21)15-4-2-3-14(9-15)16-11-28-12-16/h2-4,9-10,13,16-17H,5-8,11-12H2,1H3,(H,23,24,25)/t13-,17-. The molecule has 0 unspecified atom stereocenters. The van der Waals surface area contributed by atoms with Crippen LogP contribution in [0, 0.1) is 11.7 Å². The van der Waals surface area contributed by atoms with Crippen molar-refractivity contribution in [2.75, 3.05) is 25.6 Å². The molecule has 0 bridgehead atoms. The van der Waals surface area contributed by atoms with E-state index in [1.54, 1.807) is 0 Å². The number of hydrogen-bond donors (Lipinski definition) is 1. The Morgan fingerprint density at radius 2 is 2.04 bits per heavy atom. The summed E-state index contributed by atoms with van der Waals surface area (Å²) in [6.45, 7) is 1.41. The highest BCUT2D eigenvalue weighted by molar-refractivity contribution is 5.72. The van der Waals surface area contributed by atoms with Crippen molar-refractivity contribution in [1.82, 2.24) is 9.97 Å². The topological polar surface area (TPSA) is 73.3 Å². The predicted octanol–water partition coefficient (Wildman–Crippen LogP) is 3.54. The van der Waals surface area contributed by atoms with Crippen molar-refractivity contribution < 1.29 is 18.7 Å². The summed E-state index contributed by atoms with van der Waals surface area (Å²) in [7, 11) is 1.42. The van der Waals surface area contributed by atoms with Gasteiger partial charge in [-0.2, -0.15) is 0 Å². The van der Waals surface area contributed by atoms with Crippen molar-refractivity contribution in [1.29, 1.82) is 0 Å². The molecule has 1 aliphatic heterocycles. The highest BCUT2D eigenvalue weighted by Crippen LogP contribution is 2.30. The zero-order chi connectivity index (χ0) is 19.5. The number of hydrogen-bond acceptors (Lipinski definition) is 6. The summed E-state index contributed by atoms with van der Waals surface area (Å²) < 4.78 is 24.5. The minimum Gasteiger partial charge on any atom is -0.469 e. The number of benzene rings is 1. The van der Waals surface area contributed by atoms with Gasteiger partial charge in [-0.15, -0.1) is 0 Å². The molecule has 1 N–H and O–H groups in total. The maximum Gasteiger partial charge on any atom is 0.308 e. The van der Waals surface area contributed by atoms with Crippen LogP contribution in [0.25, 0.3) is 11.3 Å². The second-order valence-corrected chi connectivity index (χ2v) is 7.47. The van der Waals surface area contributed by atoms with Gasteiger partial charge in [0, 0.05) is 17.5 Å². The highest BCUT2D eigenvalue weighted by Gasteiger charge is 2.27. The van der Waals surface area contributed by atoms with E-state index >= 15 is 0 Å². The molecule has 1 aliphatic carbocycles. The number of halogens is 1. The molecule has 1 saturated heterocycles. The molecule has 2 aromatic rings. The van der Waals surface area contributed by atoms with Gasteiger partial charge in [-0.05, 0) is 37.3 Å². The fourth-order valence-electron chi connectivity index (χ4n) is 3.83. The van der Waals surface area contributed by atoms with E-state index in [1.807, 2.05) is 24.3 Å². The van der Waals surface area contributed by atoms with Gasteiger partial charge in [0.1, 0.15) is 5.69 Å². The number of nitrogens with one attached hydrogen (secondary N) is 1. The number of aromatic nitrogens is 2. The van der Waals surface area contributed by atoms with E-state index in [-0.39, 0.29) is 17.9 Å². The summed E-state index contributed by atoms with van der Waals surface area (Å²) in [5.74, 6) is 0.159. The van der Waals surface area contributed by atoms with Crippen molar-refractivity contribution in [2.24, 2.45) is 5.92 Å². The van der Waals surface area contributed by atoms with Crippen LogP contribution in [0.1, 0.15) is 37.2 Å². The fraction of sp³-hybridized carbons (Fsp3) is 0.476. The van der Waals surface area contributed by atoms with Crippen LogP contribution < -0.4 is 5.32 Å². The smallest absolute Gasteiger partial charge is 0.308 e. The molecule has 1 aromatic heterocycles. The van der Waals surface area contributed by atoms with E-state index in [0.717, 1.165) is 36.8 Å². The van der Waals surface area contributed by atoms with Gasteiger partial charge in [0.25, 0.3) is 0 Å². The quantitative estimate of drug-likeness (QED) is 0.794. The van der Waals surface area contributed by atoms with Crippen molar-refractivity contribution in [3.63, 3.8) is 0 Å². The first kappa shape index (κ1) is 18.8. The summed E-state index contributed by atoms with van der Waals surface area (Å²) in [6, 6.07) is 7.96. The normalized spacial score (nSPS) is 22.4. The van der Waals surface area contributed by atoms with Gasteiger partial charge in [0.05, 0.1) is 32.4 Å². The lowest BCUT2D eigenvalue weighted by molar-refractivity contribution is -0.146. The first-order valence-corrected chi connectivity index (χ1v) is 9.69. The van der Waals surface area contributed by atoms with E-state index < -0.39 is 5.82 Å². The lowest BCUT2D eigenvalue weighted by Crippen LogP contribution is -2.30. The molecule has 0 spiro atoms. The van der Waals surface area contributed by atoms with Crippen LogP contribution in [0.15, 0.2) is 30.5 Å². The zero-order valence-electron chi connectivity index (χ0n) is 15.9. The number of nitrogens with zero attached hydrogens (tertiary/aromatic N) is 2. The van der Waals surface area contributed by atoms with E-state index in [0.29, 0.717) is 30.8 Å². The fourth-order valence-corrected chi connectivity index (χ4v) is 3.83. The molecule has 1 saturated carbocycles. The number of rotatable bonds is 5. The van der Waals surface area contributed by atoms with Crippen molar-refractivity contribution >= 4 is 11.9 Å². The van der Waals surface area contributed by atoms with Crippen molar-refractivity contribution in [3.8, 4) is 11.3 Å². The van der Waals surface area contributed by atoms with Crippen LogP contribution in [0.4, 0.5) is 10.3 Å². The Kier molecular flexibility index (Phi) is 5.52. The summed E-state index contributed by atoms with van der Waals surface area (Å²) >= 11 is 0. The number of carbonyl (C=O) groups excluding carboxylic acids is 1. The molecule has 0 atom stereocenters. The maximum atomic E-state index is 14.4. The second-order valence-electron chi connectivity index (χ2n) is 7.47. The van der Waals surface area contributed by atoms with Crippen LogP contribution in [-0.4, -0.2) is 42.3 Å². The summed E-state index contributed by atoms with van der Waals surface area (Å²) in [5, 5.41) is 3.29. The Morgan fingerprint density at radius 1 is 1.25 bits per heavy atom. The highest BCUT2D eigenvalue weighted by atomic mass is 19.1. The van der Waals surface area contributed by atoms with Gasteiger partial charge in [0.15, 0.2) is 5.82 Å². The number of anilines is 1. The number of carbonyl (C=O) groups is 1. The van der Waals surface area contributed by atoms with Crippen LogP contribution in [0.5, 0.6) is 0 Å². The average Bonchev–Trinajstić information content (AvgIpc) is 2.68. The third-order valence-electron chi connectivity index (χ3n) is 5.61. The first-order valence-electron chi connectivity index (χ1n) is 9.69. The molecule has 4 rings (SSSR count). The first-order chi connectivity index (χ1) is 13.6. The average molecular weight is 385 g/mol. The largest absolute Gasteiger partial charge is 0.469 e. The number of ether oxygens (including phenoxy) is 2. The summed E-state index contributed by atoms with van der Waals surface area (Å²) in [6.07, 6.45) is 4.40. The molecule has 2 aliphatic rings. The maximum absolute atomic E-state index is 14.4. The van der Waals surface area contributed by atoms with E-state index in [2.05, 4.69) is 15.3 Å². The molecule has 2 fully saturated rings. The Labute approximate surface area is 163 Å². The van der Waals surface area contributed by atoms with Crippen LogP contribution in [0.2, 0.25) is 0 Å². The lowest BCUT2D eigenvalue weighted by atomic mass is 9.86. The molecule has 2 heterocycles. The third-order valence-corrected chi connectivity index (χ3v) is 5.61. The van der Waals surface area contributed by atoms with Crippen LogP contribution in [0.3, 0.4) is 0 Å². The molecule has 0 amide bonds. The number of methoxy groups -OCH3 is 1. The molecular weight excluding hydrogens is 361 g/mol. The lowest BCUT2D eigenvalue weighted by Gasteiger charge is -2.27. The monoisotopic (exact) mass is 385 g/mol. The van der Waals surface area contributed by atoms with E-state index in [9.17, 15) is 9.18 Å². The Bertz CT molecular complexity index is 849.